The molecule has 4 aromatic rings. The molecule has 4 aromatic carbocycles. The van der Waals surface area contributed by atoms with Crippen LogP contribution in [0.25, 0.3) is 0 Å². The average Bonchev–Trinajstić information content (AvgIpc) is 2.85. The highest BCUT2D eigenvalue weighted by Crippen LogP contribution is 2.58. The molecule has 0 aliphatic heterocycles. The molecular formula is C28H25BrFO2P. The normalized spacial score (nSPS) is 10.8. The minimum Gasteiger partial charge on any atom is -1.00 e. The lowest BCUT2D eigenvalue weighted by Crippen LogP contribution is -3.00. The van der Waals surface area contributed by atoms with Gasteiger partial charge in [-0.3, -0.25) is 0 Å². The van der Waals surface area contributed by atoms with Crippen molar-refractivity contribution >= 4 is 29.1 Å². The molecule has 0 N–H and O–H groups in total. The Morgan fingerprint density at radius 2 is 1.21 bits per heavy atom. The molecule has 0 saturated heterocycles. The van der Waals surface area contributed by atoms with Gasteiger partial charge in [0.2, 0.25) is 0 Å². The van der Waals surface area contributed by atoms with Gasteiger partial charge in [0.25, 0.3) is 0 Å². The van der Waals surface area contributed by atoms with Gasteiger partial charge in [0.1, 0.15) is 35.2 Å². The Balaban J connectivity index is 0.00000306. The van der Waals surface area contributed by atoms with E-state index in [0.717, 1.165) is 0 Å². The fourth-order valence-electron chi connectivity index (χ4n) is 4.04. The van der Waals surface area contributed by atoms with Crippen LogP contribution in [0, 0.1) is 5.82 Å². The molecule has 0 aliphatic carbocycles. The number of carbonyl (C=O) groups excluding carboxylic acids is 1. The molecule has 33 heavy (non-hydrogen) atoms. The minimum absolute atomic E-state index is 0. The third-order valence-electron chi connectivity index (χ3n) is 5.56. The number of rotatable bonds is 7. The van der Waals surface area contributed by atoms with E-state index in [-0.39, 0.29) is 35.0 Å². The number of hydrogen-bond acceptors (Lipinski definition) is 2. The summed E-state index contributed by atoms with van der Waals surface area (Å²) in [5, 5.41) is 3.56. The number of hydrogen-bond donors (Lipinski definition) is 0. The number of carbonyl (C=O) groups is 1. The molecule has 5 heteroatoms. The highest BCUT2D eigenvalue weighted by atomic mass is 79.9. The summed E-state index contributed by atoms with van der Waals surface area (Å²) < 4.78 is 20.4. The van der Waals surface area contributed by atoms with Gasteiger partial charge in [-0.1, -0.05) is 60.7 Å². The van der Waals surface area contributed by atoms with Crippen molar-refractivity contribution in [1.29, 1.82) is 0 Å². The summed E-state index contributed by atoms with van der Waals surface area (Å²) in [4.78, 5) is 12.1. The number of halogens is 2. The lowest BCUT2D eigenvalue weighted by Gasteiger charge is -2.28. The number of ether oxygens (including phenoxy) is 1. The van der Waals surface area contributed by atoms with Crippen LogP contribution in [0.2, 0.25) is 0 Å². The van der Waals surface area contributed by atoms with Crippen molar-refractivity contribution in [3.05, 3.63) is 126 Å². The standard InChI is InChI=1S/C28H25FO2P.BrH/c1-2-31-28(30)22-18-19-23(27(29)20-22)21-32(24-12-6-3-7-13-24,25-14-8-4-9-15-25)26-16-10-5-11-17-26;/h3-20H,2,21H2,1H3;1H/q+1;/p-1. The highest BCUT2D eigenvalue weighted by molar-refractivity contribution is 7.95. The molecule has 0 heterocycles. The maximum Gasteiger partial charge on any atom is 0.338 e. The van der Waals surface area contributed by atoms with Gasteiger partial charge in [-0.2, -0.15) is 0 Å². The van der Waals surface area contributed by atoms with Crippen LogP contribution in [0.3, 0.4) is 0 Å². The SMILES string of the molecule is CCOC(=O)c1ccc(C[P+](c2ccccc2)(c2ccccc2)c2ccccc2)c(F)c1.[Br-]. The molecule has 0 radical (unpaired) electrons. The first-order valence-electron chi connectivity index (χ1n) is 10.7. The lowest BCUT2D eigenvalue weighted by molar-refractivity contribution is -0.0000246. The van der Waals surface area contributed by atoms with E-state index in [1.165, 1.54) is 22.0 Å². The van der Waals surface area contributed by atoms with E-state index in [4.69, 9.17) is 4.74 Å². The summed E-state index contributed by atoms with van der Waals surface area (Å²) in [7, 11) is -2.21. The fraction of sp³-hybridized carbons (Fsp3) is 0.107. The van der Waals surface area contributed by atoms with Gasteiger partial charge in [0.05, 0.1) is 12.2 Å². The number of esters is 1. The van der Waals surface area contributed by atoms with Crippen molar-refractivity contribution in [2.75, 3.05) is 6.61 Å². The molecule has 168 valence electrons. The van der Waals surface area contributed by atoms with Crippen molar-refractivity contribution in [2.45, 2.75) is 13.1 Å². The lowest BCUT2D eigenvalue weighted by atomic mass is 10.1. The first-order valence-corrected chi connectivity index (χ1v) is 12.6. The van der Waals surface area contributed by atoms with Gasteiger partial charge >= 0.3 is 5.97 Å². The largest absolute Gasteiger partial charge is 1.00 e. The van der Waals surface area contributed by atoms with Gasteiger partial charge in [-0.15, -0.1) is 0 Å². The Kier molecular flexibility index (Phi) is 8.55. The maximum absolute atomic E-state index is 15.3. The third-order valence-corrected chi connectivity index (χ3v) is 9.92. The molecule has 0 amide bonds. The van der Waals surface area contributed by atoms with Crippen LogP contribution >= 0.6 is 7.26 Å². The van der Waals surface area contributed by atoms with E-state index in [1.54, 1.807) is 19.1 Å². The van der Waals surface area contributed by atoms with Crippen LogP contribution in [0.4, 0.5) is 4.39 Å². The molecule has 0 aliphatic rings. The minimum atomic E-state index is -2.21. The molecule has 0 unspecified atom stereocenters. The Bertz CT molecular complexity index is 1090. The van der Waals surface area contributed by atoms with Gasteiger partial charge < -0.3 is 21.7 Å². The van der Waals surface area contributed by atoms with Crippen molar-refractivity contribution in [2.24, 2.45) is 0 Å². The van der Waals surface area contributed by atoms with Crippen LogP contribution in [0.15, 0.2) is 109 Å². The molecular weight excluding hydrogens is 498 g/mol. The molecule has 0 spiro atoms. The second-order valence-corrected chi connectivity index (χ2v) is 11.0. The molecule has 0 aromatic heterocycles. The van der Waals surface area contributed by atoms with Gasteiger partial charge in [-0.25, -0.2) is 9.18 Å². The third kappa shape index (κ3) is 5.24. The first kappa shape index (κ1) is 24.8. The summed E-state index contributed by atoms with van der Waals surface area (Å²) >= 11 is 0. The molecule has 0 fully saturated rings. The monoisotopic (exact) mass is 522 g/mol. The molecule has 0 saturated carbocycles. The average molecular weight is 523 g/mol. The quantitative estimate of drug-likeness (QED) is 0.275. The van der Waals surface area contributed by atoms with Crippen molar-refractivity contribution in [3.8, 4) is 0 Å². The molecule has 0 atom stereocenters. The molecule has 4 rings (SSSR count). The van der Waals surface area contributed by atoms with E-state index in [2.05, 4.69) is 36.4 Å². The van der Waals surface area contributed by atoms with Crippen LogP contribution < -0.4 is 32.9 Å². The van der Waals surface area contributed by atoms with Crippen molar-refractivity contribution < 1.29 is 30.9 Å². The maximum atomic E-state index is 15.3. The summed E-state index contributed by atoms with van der Waals surface area (Å²) in [6.45, 7) is 1.99. The summed E-state index contributed by atoms with van der Waals surface area (Å²) in [5.41, 5.74) is 0.819. The van der Waals surface area contributed by atoms with Gasteiger partial charge in [0, 0.05) is 5.56 Å². The Labute approximate surface area is 205 Å². The van der Waals surface area contributed by atoms with Crippen LogP contribution in [-0.4, -0.2) is 12.6 Å². The van der Waals surface area contributed by atoms with Crippen LogP contribution in [0.5, 0.6) is 0 Å². The summed E-state index contributed by atoms with van der Waals surface area (Å²) in [5.74, 6) is -0.893. The Morgan fingerprint density at radius 3 is 1.61 bits per heavy atom. The molecule has 0 bridgehead atoms. The summed E-state index contributed by atoms with van der Waals surface area (Å²) in [6.07, 6.45) is 0.514. The zero-order valence-corrected chi connectivity index (χ0v) is 20.8. The first-order chi connectivity index (χ1) is 15.6. The van der Waals surface area contributed by atoms with E-state index >= 15 is 4.39 Å². The predicted molar refractivity (Wildman–Crippen MR) is 131 cm³/mol. The van der Waals surface area contributed by atoms with E-state index in [9.17, 15) is 4.79 Å². The van der Waals surface area contributed by atoms with Gasteiger partial charge in [0.15, 0.2) is 0 Å². The van der Waals surface area contributed by atoms with Crippen molar-refractivity contribution in [3.63, 3.8) is 0 Å². The van der Waals surface area contributed by atoms with Crippen LogP contribution in [0.1, 0.15) is 22.8 Å². The second kappa shape index (κ2) is 11.4. The van der Waals surface area contributed by atoms with E-state index < -0.39 is 13.2 Å². The zero-order chi connectivity index (χ0) is 22.4. The number of benzene rings is 4. The van der Waals surface area contributed by atoms with Gasteiger partial charge in [-0.05, 0) is 55.5 Å². The zero-order valence-electron chi connectivity index (χ0n) is 18.3. The highest BCUT2D eigenvalue weighted by Gasteiger charge is 2.45. The predicted octanol–water partition coefficient (Wildman–Crippen LogP) is 2.50. The Hall–Kier alpha value is -2.81. The Morgan fingerprint density at radius 1 is 0.758 bits per heavy atom. The van der Waals surface area contributed by atoms with E-state index in [1.807, 2.05) is 54.6 Å². The van der Waals surface area contributed by atoms with E-state index in [0.29, 0.717) is 11.7 Å². The fourth-order valence-corrected chi connectivity index (χ4v) is 8.29. The smallest absolute Gasteiger partial charge is 0.338 e. The second-order valence-electron chi connectivity index (χ2n) is 7.50. The van der Waals surface area contributed by atoms with Crippen molar-refractivity contribution in [1.82, 2.24) is 0 Å². The topological polar surface area (TPSA) is 26.3 Å². The van der Waals surface area contributed by atoms with Crippen LogP contribution in [-0.2, 0) is 10.9 Å². The molecule has 2 nitrogen and oxygen atoms in total. The summed E-state index contributed by atoms with van der Waals surface area (Å²) in [6, 6.07) is 35.7.